The van der Waals surface area contributed by atoms with E-state index in [0.29, 0.717) is 47.1 Å². The van der Waals surface area contributed by atoms with Crippen LogP contribution < -0.4 is 15.8 Å². The average molecular weight is 420 g/mol. The molecule has 3 aromatic rings. The van der Waals surface area contributed by atoms with E-state index in [1.165, 1.54) is 6.07 Å². The molecule has 0 amide bonds. The third-order valence-electron chi connectivity index (χ3n) is 4.49. The van der Waals surface area contributed by atoms with Crippen LogP contribution in [0.4, 0.5) is 24.7 Å². The van der Waals surface area contributed by atoms with Crippen LogP contribution in [0.5, 0.6) is 5.75 Å². The Morgan fingerprint density at radius 3 is 2.57 bits per heavy atom. The first-order chi connectivity index (χ1) is 14.2. The van der Waals surface area contributed by atoms with E-state index < -0.39 is 17.8 Å². The second-order valence-corrected chi connectivity index (χ2v) is 6.89. The van der Waals surface area contributed by atoms with E-state index in [9.17, 15) is 13.2 Å². The Labute approximate surface area is 172 Å². The van der Waals surface area contributed by atoms with Crippen LogP contribution in [-0.2, 0) is 10.9 Å². The van der Waals surface area contributed by atoms with Gasteiger partial charge in [-0.05, 0) is 55.8 Å². The highest BCUT2D eigenvalue weighted by atomic mass is 19.4. The van der Waals surface area contributed by atoms with E-state index in [0.717, 1.165) is 12.1 Å². The van der Waals surface area contributed by atoms with Crippen molar-refractivity contribution >= 4 is 22.4 Å². The molecule has 3 N–H and O–H groups in total. The second-order valence-electron chi connectivity index (χ2n) is 6.89. The van der Waals surface area contributed by atoms with Crippen LogP contribution in [0.3, 0.4) is 0 Å². The smallest absolute Gasteiger partial charge is 0.416 e. The molecule has 0 fully saturated rings. The maximum atomic E-state index is 13.2. The lowest BCUT2D eigenvalue weighted by atomic mass is 10.0. The summed E-state index contributed by atoms with van der Waals surface area (Å²) in [6.07, 6.45) is -4.48. The number of alkyl halides is 3. The fourth-order valence-electron chi connectivity index (χ4n) is 3.04. The Morgan fingerprint density at radius 2 is 1.87 bits per heavy atom. The number of halogens is 3. The van der Waals surface area contributed by atoms with Crippen molar-refractivity contribution < 1.29 is 22.6 Å². The lowest BCUT2D eigenvalue weighted by molar-refractivity contribution is -0.137. The molecule has 0 bridgehead atoms. The normalized spacial score (nSPS) is 12.7. The molecule has 160 valence electrons. The number of rotatable bonds is 7. The van der Waals surface area contributed by atoms with Crippen molar-refractivity contribution in [3.8, 4) is 5.75 Å². The molecule has 6 nitrogen and oxygen atoms in total. The van der Waals surface area contributed by atoms with Crippen LogP contribution >= 0.6 is 0 Å². The highest BCUT2D eigenvalue weighted by molar-refractivity contribution is 5.90. The number of fused-ring (bicyclic) bond motifs is 1. The lowest BCUT2D eigenvalue weighted by Gasteiger charge is -2.19. The summed E-state index contributed by atoms with van der Waals surface area (Å²) in [5.74, 6) is 1.65. The summed E-state index contributed by atoms with van der Waals surface area (Å²) in [5, 5.41) is 3.88. The number of hydrogen-bond acceptors (Lipinski definition) is 6. The molecule has 3 rings (SSSR count). The van der Waals surface area contributed by atoms with Gasteiger partial charge >= 0.3 is 6.18 Å². The van der Waals surface area contributed by atoms with Gasteiger partial charge in [-0.1, -0.05) is 0 Å². The molecular formula is C21H23F3N4O2. The van der Waals surface area contributed by atoms with Crippen molar-refractivity contribution in [3.63, 3.8) is 0 Å². The van der Waals surface area contributed by atoms with Gasteiger partial charge in [-0.2, -0.15) is 13.2 Å². The summed E-state index contributed by atoms with van der Waals surface area (Å²) >= 11 is 0. The molecule has 30 heavy (non-hydrogen) atoms. The highest BCUT2D eigenvalue weighted by Crippen LogP contribution is 2.34. The first-order valence-electron chi connectivity index (χ1n) is 9.31. The van der Waals surface area contributed by atoms with Crippen molar-refractivity contribution in [2.24, 2.45) is 0 Å². The van der Waals surface area contributed by atoms with Crippen LogP contribution in [0.25, 0.3) is 10.9 Å². The van der Waals surface area contributed by atoms with Gasteiger partial charge in [0.2, 0.25) is 0 Å². The zero-order valence-electron chi connectivity index (χ0n) is 16.9. The number of nitrogen functional groups attached to an aromatic ring is 1. The van der Waals surface area contributed by atoms with E-state index in [1.807, 2.05) is 6.07 Å². The zero-order valence-corrected chi connectivity index (χ0v) is 16.9. The van der Waals surface area contributed by atoms with Crippen LogP contribution in [0.2, 0.25) is 0 Å². The first-order valence-corrected chi connectivity index (χ1v) is 9.31. The minimum absolute atomic E-state index is 0.0473. The van der Waals surface area contributed by atoms with Crippen molar-refractivity contribution in [1.29, 1.82) is 0 Å². The number of aromatic nitrogens is 2. The van der Waals surface area contributed by atoms with Gasteiger partial charge in [-0.25, -0.2) is 9.97 Å². The fraction of sp³-hybridized carbons (Fsp3) is 0.333. The Balaban J connectivity index is 1.94. The first kappa shape index (κ1) is 21.6. The molecule has 0 radical (unpaired) electrons. The van der Waals surface area contributed by atoms with Gasteiger partial charge in [-0.3, -0.25) is 0 Å². The Bertz CT molecular complexity index is 1040. The minimum Gasteiger partial charge on any atom is -0.491 e. The molecule has 0 aliphatic carbocycles. The molecule has 0 aliphatic heterocycles. The number of benzene rings is 2. The van der Waals surface area contributed by atoms with Crippen LogP contribution in [-0.4, -0.2) is 30.3 Å². The van der Waals surface area contributed by atoms with E-state index >= 15 is 0 Å². The van der Waals surface area contributed by atoms with Gasteiger partial charge in [0.05, 0.1) is 23.7 Å². The van der Waals surface area contributed by atoms with Crippen LogP contribution in [0.15, 0.2) is 36.4 Å². The molecule has 1 heterocycles. The summed E-state index contributed by atoms with van der Waals surface area (Å²) in [6.45, 7) is 4.33. The zero-order chi connectivity index (χ0) is 21.9. The van der Waals surface area contributed by atoms with Crippen molar-refractivity contribution in [2.45, 2.75) is 26.1 Å². The van der Waals surface area contributed by atoms with Gasteiger partial charge in [0.1, 0.15) is 24.0 Å². The molecule has 0 spiro atoms. The van der Waals surface area contributed by atoms with Crippen molar-refractivity contribution in [2.75, 3.05) is 31.4 Å². The Kier molecular flexibility index (Phi) is 6.31. The number of nitrogens with one attached hydrogen (secondary N) is 1. The number of nitrogens with two attached hydrogens (primary N) is 1. The maximum absolute atomic E-state index is 13.2. The second kappa shape index (κ2) is 8.74. The average Bonchev–Trinajstić information content (AvgIpc) is 2.67. The predicted octanol–water partition coefficient (Wildman–Crippen LogP) is 4.74. The molecule has 9 heteroatoms. The lowest BCUT2D eigenvalue weighted by Crippen LogP contribution is -2.13. The van der Waals surface area contributed by atoms with E-state index in [4.69, 9.17) is 15.2 Å². The number of aryl methyl sites for hydroxylation is 1. The minimum atomic E-state index is -4.48. The largest absolute Gasteiger partial charge is 0.491 e. The van der Waals surface area contributed by atoms with Crippen LogP contribution in [0.1, 0.15) is 29.9 Å². The molecular weight excluding hydrogens is 397 g/mol. The van der Waals surface area contributed by atoms with Crippen molar-refractivity contribution in [3.05, 3.63) is 53.3 Å². The number of anilines is 2. The topological polar surface area (TPSA) is 82.3 Å². The third-order valence-corrected chi connectivity index (χ3v) is 4.49. The van der Waals surface area contributed by atoms with Crippen molar-refractivity contribution in [1.82, 2.24) is 9.97 Å². The molecule has 0 saturated heterocycles. The summed E-state index contributed by atoms with van der Waals surface area (Å²) in [7, 11) is 1.59. The van der Waals surface area contributed by atoms with Gasteiger partial charge < -0.3 is 20.5 Å². The summed E-state index contributed by atoms with van der Waals surface area (Å²) in [6, 6.07) is 8.44. The van der Waals surface area contributed by atoms with Gasteiger partial charge in [0.15, 0.2) is 0 Å². The quantitative estimate of drug-likeness (QED) is 0.425. The third kappa shape index (κ3) is 5.10. The number of nitrogens with zero attached hydrogens (tertiary/aromatic N) is 2. The summed E-state index contributed by atoms with van der Waals surface area (Å²) in [4.78, 5) is 8.86. The van der Waals surface area contributed by atoms with E-state index in [-0.39, 0.29) is 5.69 Å². The molecule has 1 aromatic heterocycles. The number of ether oxygens (including phenoxy) is 2. The SMILES string of the molecule is COCCOc1ccc2nc(C)nc(N[C@H](C)c3cc(N)cc(C(F)(F)F)c3)c2c1. The van der Waals surface area contributed by atoms with Gasteiger partial charge in [0.25, 0.3) is 0 Å². The van der Waals surface area contributed by atoms with Crippen LogP contribution in [0, 0.1) is 6.92 Å². The number of methoxy groups -OCH3 is 1. The Hall–Kier alpha value is -3.07. The molecule has 0 aliphatic rings. The molecule has 0 saturated carbocycles. The molecule has 0 unspecified atom stereocenters. The maximum Gasteiger partial charge on any atom is 0.416 e. The molecule has 1 atom stereocenters. The number of hydrogen-bond donors (Lipinski definition) is 2. The van der Waals surface area contributed by atoms with Gasteiger partial charge in [-0.15, -0.1) is 0 Å². The predicted molar refractivity (Wildman–Crippen MR) is 110 cm³/mol. The van der Waals surface area contributed by atoms with E-state index in [1.54, 1.807) is 33.1 Å². The highest BCUT2D eigenvalue weighted by Gasteiger charge is 2.31. The molecule has 2 aromatic carbocycles. The monoisotopic (exact) mass is 420 g/mol. The summed E-state index contributed by atoms with van der Waals surface area (Å²) in [5.41, 5.74) is 6.05. The Morgan fingerprint density at radius 1 is 1.10 bits per heavy atom. The van der Waals surface area contributed by atoms with Gasteiger partial charge in [0, 0.05) is 18.2 Å². The standard InChI is InChI=1S/C21H23F3N4O2/c1-12(14-8-15(21(22,23)24)10-16(25)9-14)26-20-18-11-17(30-7-6-29-3)4-5-19(18)27-13(2)28-20/h4-5,8-12H,6-7,25H2,1-3H3,(H,26,27,28)/t12-/m1/s1. The fourth-order valence-corrected chi connectivity index (χ4v) is 3.04. The van der Waals surface area contributed by atoms with E-state index in [2.05, 4.69) is 15.3 Å². The summed E-state index contributed by atoms with van der Waals surface area (Å²) < 4.78 is 50.1.